The average Bonchev–Trinajstić information content (AvgIpc) is 2.56. The van der Waals surface area contributed by atoms with Crippen LogP contribution in [0.5, 0.6) is 0 Å². The Morgan fingerprint density at radius 1 is 1.57 bits per heavy atom. The molecule has 1 aromatic rings. The lowest BCUT2D eigenvalue weighted by molar-refractivity contribution is 0.307. The Kier molecular flexibility index (Phi) is 2.50. The molecule has 2 heterocycles. The molecular formula is C11H15FN2. The third kappa shape index (κ3) is 1.64. The van der Waals surface area contributed by atoms with E-state index < -0.39 is 0 Å². The van der Waals surface area contributed by atoms with Crippen molar-refractivity contribution in [2.24, 2.45) is 0 Å². The maximum atomic E-state index is 13.5. The van der Waals surface area contributed by atoms with Crippen LogP contribution in [0, 0.1) is 12.9 Å². The van der Waals surface area contributed by atoms with Crippen LogP contribution < -0.4 is 0 Å². The lowest BCUT2D eigenvalue weighted by Crippen LogP contribution is -2.19. The van der Waals surface area contributed by atoms with Crippen molar-refractivity contribution in [3.8, 4) is 0 Å². The molecule has 2 rings (SSSR count). The Morgan fingerprint density at radius 3 is 3.00 bits per heavy atom. The lowest BCUT2D eigenvalue weighted by atomic mass is 10.1. The van der Waals surface area contributed by atoms with Gasteiger partial charge in [-0.25, -0.2) is 4.98 Å². The van der Waals surface area contributed by atoms with Crippen molar-refractivity contribution in [1.82, 2.24) is 9.88 Å². The van der Waals surface area contributed by atoms with Gasteiger partial charge in [0, 0.05) is 17.8 Å². The normalized spacial score (nSPS) is 22.9. The van der Waals surface area contributed by atoms with Crippen LogP contribution in [0.15, 0.2) is 12.3 Å². The largest absolute Gasteiger partial charge is 0.299 e. The van der Waals surface area contributed by atoms with Crippen molar-refractivity contribution >= 4 is 0 Å². The molecule has 1 saturated heterocycles. The zero-order valence-corrected chi connectivity index (χ0v) is 8.63. The smallest absolute Gasteiger partial charge is 0.217 e. The summed E-state index contributed by atoms with van der Waals surface area (Å²) in [5.74, 6) is -0.311. The highest BCUT2D eigenvalue weighted by Gasteiger charge is 2.25. The van der Waals surface area contributed by atoms with Gasteiger partial charge in [0.15, 0.2) is 0 Å². The molecule has 3 heteroatoms. The van der Waals surface area contributed by atoms with Crippen LogP contribution in [0.1, 0.15) is 30.0 Å². The fourth-order valence-corrected chi connectivity index (χ4v) is 2.11. The third-order valence-corrected chi connectivity index (χ3v) is 2.88. The minimum Gasteiger partial charge on any atom is -0.299 e. The van der Waals surface area contributed by atoms with Crippen LogP contribution >= 0.6 is 0 Å². The maximum absolute atomic E-state index is 13.5. The Bertz CT molecular complexity index is 338. The molecule has 1 atom stereocenters. The van der Waals surface area contributed by atoms with Crippen LogP contribution in [-0.4, -0.2) is 23.5 Å². The predicted octanol–water partition coefficient (Wildman–Crippen LogP) is 2.30. The number of likely N-dealkylation sites (tertiary alicyclic amines) is 1. The maximum Gasteiger partial charge on any atom is 0.217 e. The Labute approximate surface area is 83.8 Å². The predicted molar refractivity (Wildman–Crippen MR) is 53.5 cm³/mol. The van der Waals surface area contributed by atoms with Crippen molar-refractivity contribution in [1.29, 1.82) is 0 Å². The van der Waals surface area contributed by atoms with E-state index in [1.54, 1.807) is 6.20 Å². The summed E-state index contributed by atoms with van der Waals surface area (Å²) in [5.41, 5.74) is 1.78. The van der Waals surface area contributed by atoms with Crippen molar-refractivity contribution in [3.05, 3.63) is 29.3 Å². The van der Waals surface area contributed by atoms with E-state index in [0.717, 1.165) is 30.5 Å². The van der Waals surface area contributed by atoms with E-state index in [1.807, 2.05) is 20.0 Å². The van der Waals surface area contributed by atoms with Gasteiger partial charge in [0.2, 0.25) is 5.95 Å². The van der Waals surface area contributed by atoms with Crippen LogP contribution in [0.3, 0.4) is 0 Å². The van der Waals surface area contributed by atoms with E-state index in [2.05, 4.69) is 9.88 Å². The number of pyridine rings is 1. The molecule has 1 aliphatic rings. The number of aryl methyl sites for hydroxylation is 1. The van der Waals surface area contributed by atoms with E-state index >= 15 is 0 Å². The summed E-state index contributed by atoms with van der Waals surface area (Å²) in [7, 11) is 2.04. The minimum absolute atomic E-state index is 0.224. The van der Waals surface area contributed by atoms with Gasteiger partial charge in [-0.15, -0.1) is 0 Å². The Balaban J connectivity index is 2.34. The zero-order chi connectivity index (χ0) is 10.1. The highest BCUT2D eigenvalue weighted by Crippen LogP contribution is 2.31. The van der Waals surface area contributed by atoms with Gasteiger partial charge in [-0.3, -0.25) is 4.90 Å². The molecule has 2 nitrogen and oxygen atoms in total. The minimum atomic E-state index is -0.311. The summed E-state index contributed by atoms with van der Waals surface area (Å²) in [6, 6.07) is 2.14. The third-order valence-electron chi connectivity index (χ3n) is 2.88. The SMILES string of the molecule is Cc1cnc(F)c(C2CCCN2C)c1. The molecule has 1 aromatic heterocycles. The molecular weight excluding hydrogens is 179 g/mol. The number of hydrogen-bond acceptors (Lipinski definition) is 2. The average molecular weight is 194 g/mol. The number of hydrogen-bond donors (Lipinski definition) is 0. The fraction of sp³-hybridized carbons (Fsp3) is 0.545. The molecule has 0 radical (unpaired) electrons. The summed E-state index contributed by atoms with van der Waals surface area (Å²) in [6.45, 7) is 3.00. The fourth-order valence-electron chi connectivity index (χ4n) is 2.11. The monoisotopic (exact) mass is 194 g/mol. The zero-order valence-electron chi connectivity index (χ0n) is 8.63. The molecule has 0 amide bonds. The van der Waals surface area contributed by atoms with Crippen LogP contribution in [-0.2, 0) is 0 Å². The van der Waals surface area contributed by atoms with E-state index in [-0.39, 0.29) is 12.0 Å². The van der Waals surface area contributed by atoms with E-state index in [0.29, 0.717) is 0 Å². The molecule has 0 N–H and O–H groups in total. The summed E-state index contributed by atoms with van der Waals surface area (Å²) in [4.78, 5) is 5.96. The molecule has 76 valence electrons. The molecule has 0 saturated carbocycles. The molecule has 0 aliphatic carbocycles. The van der Waals surface area contributed by atoms with Gasteiger partial charge in [0.25, 0.3) is 0 Å². The molecule has 0 aromatic carbocycles. The molecule has 1 aliphatic heterocycles. The van der Waals surface area contributed by atoms with Gasteiger partial charge in [-0.2, -0.15) is 4.39 Å². The number of aromatic nitrogens is 1. The summed E-state index contributed by atoms with van der Waals surface area (Å²) >= 11 is 0. The Hall–Kier alpha value is -0.960. The summed E-state index contributed by atoms with van der Waals surface area (Å²) < 4.78 is 13.5. The summed E-state index contributed by atoms with van der Waals surface area (Å²) in [6.07, 6.45) is 3.76. The van der Waals surface area contributed by atoms with Crippen LogP contribution in [0.25, 0.3) is 0 Å². The van der Waals surface area contributed by atoms with Crippen molar-refractivity contribution in [2.45, 2.75) is 25.8 Å². The standard InChI is InChI=1S/C11H15FN2/c1-8-6-9(11(12)13-7-8)10-4-3-5-14(10)2/h6-7,10H,3-5H2,1-2H3. The second-order valence-electron chi connectivity index (χ2n) is 4.03. The Morgan fingerprint density at radius 2 is 2.36 bits per heavy atom. The second kappa shape index (κ2) is 3.65. The topological polar surface area (TPSA) is 16.1 Å². The van der Waals surface area contributed by atoms with Gasteiger partial charge in [0.1, 0.15) is 0 Å². The lowest BCUT2D eigenvalue weighted by Gasteiger charge is -2.19. The molecule has 0 spiro atoms. The van der Waals surface area contributed by atoms with Gasteiger partial charge in [-0.1, -0.05) is 0 Å². The first kappa shape index (κ1) is 9.59. The molecule has 14 heavy (non-hydrogen) atoms. The van der Waals surface area contributed by atoms with Crippen molar-refractivity contribution in [2.75, 3.05) is 13.6 Å². The van der Waals surface area contributed by atoms with Gasteiger partial charge in [-0.05, 0) is 45.0 Å². The molecule has 1 fully saturated rings. The highest BCUT2D eigenvalue weighted by molar-refractivity contribution is 5.22. The van der Waals surface area contributed by atoms with Crippen molar-refractivity contribution < 1.29 is 4.39 Å². The van der Waals surface area contributed by atoms with Gasteiger partial charge in [0.05, 0.1) is 0 Å². The molecule has 0 bridgehead atoms. The number of rotatable bonds is 1. The first-order valence-electron chi connectivity index (χ1n) is 5.01. The highest BCUT2D eigenvalue weighted by atomic mass is 19.1. The number of nitrogens with zero attached hydrogens (tertiary/aromatic N) is 2. The van der Waals surface area contributed by atoms with E-state index in [1.165, 1.54) is 0 Å². The second-order valence-corrected chi connectivity index (χ2v) is 4.03. The number of halogens is 1. The first-order valence-corrected chi connectivity index (χ1v) is 5.01. The van der Waals surface area contributed by atoms with Gasteiger partial charge >= 0.3 is 0 Å². The van der Waals surface area contributed by atoms with Crippen LogP contribution in [0.4, 0.5) is 4.39 Å². The van der Waals surface area contributed by atoms with E-state index in [9.17, 15) is 4.39 Å². The van der Waals surface area contributed by atoms with Crippen LogP contribution in [0.2, 0.25) is 0 Å². The summed E-state index contributed by atoms with van der Waals surface area (Å²) in [5, 5.41) is 0. The van der Waals surface area contributed by atoms with E-state index in [4.69, 9.17) is 0 Å². The first-order chi connectivity index (χ1) is 6.68. The molecule has 1 unspecified atom stereocenters. The van der Waals surface area contributed by atoms with Gasteiger partial charge < -0.3 is 0 Å². The quantitative estimate of drug-likeness (QED) is 0.638. The van der Waals surface area contributed by atoms with Crippen molar-refractivity contribution in [3.63, 3.8) is 0 Å².